The normalized spacial score (nSPS) is 12.3. The lowest BCUT2D eigenvalue weighted by atomic mass is 9.77. The number of aromatic nitrogens is 2. The summed E-state index contributed by atoms with van der Waals surface area (Å²) in [7, 11) is 0. The zero-order valence-electron chi connectivity index (χ0n) is 17.5. The first-order chi connectivity index (χ1) is 15.0. The Balaban J connectivity index is 2.05. The number of rotatable bonds is 6. The molecule has 0 atom stereocenters. The first kappa shape index (κ1) is 20.4. The molecule has 0 spiro atoms. The lowest BCUT2D eigenvalue weighted by molar-refractivity contribution is -0.299. The quantitative estimate of drug-likeness (QED) is 0.354. The SMILES string of the molecule is C/C(C(=O)[O-])=C(\C)c1cn(C(c2ccccc2)(c2ccccc2)c2ccccc2)cn1. The minimum absolute atomic E-state index is 0.176. The maximum absolute atomic E-state index is 11.4. The van der Waals surface area contributed by atoms with Crippen molar-refractivity contribution < 1.29 is 9.90 Å². The van der Waals surface area contributed by atoms with Gasteiger partial charge in [-0.3, -0.25) is 0 Å². The molecule has 0 unspecified atom stereocenters. The molecule has 4 heteroatoms. The fraction of sp³-hybridized carbons (Fsp3) is 0.111. The standard InChI is InChI=1S/C27H24N2O2/c1-20(21(2)26(30)31)25-18-29(19-28-25)27(22-12-6-3-7-13-22,23-14-8-4-9-15-23)24-16-10-5-11-17-24/h3-19H,1-2H3,(H,30,31)/p-1/b21-20-. The molecule has 0 saturated heterocycles. The van der Waals surface area contributed by atoms with Crippen LogP contribution in [-0.2, 0) is 10.3 Å². The molecule has 0 saturated carbocycles. The number of carbonyl (C=O) groups excluding carboxylic acids is 1. The average Bonchev–Trinajstić information content (AvgIpc) is 3.31. The van der Waals surface area contributed by atoms with Gasteiger partial charge in [0, 0.05) is 6.20 Å². The second kappa shape index (κ2) is 8.44. The van der Waals surface area contributed by atoms with E-state index in [0.717, 1.165) is 16.7 Å². The summed E-state index contributed by atoms with van der Waals surface area (Å²) in [4.78, 5) is 16.0. The van der Waals surface area contributed by atoms with Gasteiger partial charge < -0.3 is 14.5 Å². The Hall–Kier alpha value is -3.92. The van der Waals surface area contributed by atoms with Crippen LogP contribution in [0.3, 0.4) is 0 Å². The summed E-state index contributed by atoms with van der Waals surface area (Å²) < 4.78 is 2.06. The smallest absolute Gasteiger partial charge is 0.121 e. The van der Waals surface area contributed by atoms with E-state index < -0.39 is 11.5 Å². The summed E-state index contributed by atoms with van der Waals surface area (Å²) >= 11 is 0. The molecular weight excluding hydrogens is 384 g/mol. The molecule has 1 heterocycles. The Labute approximate surface area is 182 Å². The number of carboxylic acid groups (broad SMARTS) is 1. The molecule has 0 amide bonds. The van der Waals surface area contributed by atoms with Gasteiger partial charge in [-0.05, 0) is 41.7 Å². The molecule has 3 aromatic carbocycles. The molecular formula is C27H23N2O2-. The lowest BCUT2D eigenvalue weighted by Gasteiger charge is -2.37. The van der Waals surface area contributed by atoms with Crippen molar-refractivity contribution in [3.63, 3.8) is 0 Å². The van der Waals surface area contributed by atoms with Crippen LogP contribution in [0.25, 0.3) is 5.57 Å². The van der Waals surface area contributed by atoms with Crippen LogP contribution in [0.4, 0.5) is 0 Å². The highest BCUT2D eigenvalue weighted by Gasteiger charge is 2.38. The molecule has 1 aromatic heterocycles. The maximum atomic E-state index is 11.4. The third kappa shape index (κ3) is 3.57. The number of imidazole rings is 1. The van der Waals surface area contributed by atoms with Gasteiger partial charge in [0.1, 0.15) is 5.54 Å². The monoisotopic (exact) mass is 407 g/mol. The molecule has 154 valence electrons. The van der Waals surface area contributed by atoms with Crippen molar-refractivity contribution >= 4 is 11.5 Å². The number of allylic oxidation sites excluding steroid dienone is 1. The second-order valence-electron chi connectivity index (χ2n) is 7.51. The van der Waals surface area contributed by atoms with Gasteiger partial charge in [-0.1, -0.05) is 91.0 Å². The van der Waals surface area contributed by atoms with E-state index in [1.165, 1.54) is 0 Å². The van der Waals surface area contributed by atoms with Gasteiger partial charge in [0.15, 0.2) is 0 Å². The van der Waals surface area contributed by atoms with Crippen LogP contribution in [0.5, 0.6) is 0 Å². The van der Waals surface area contributed by atoms with E-state index in [1.54, 1.807) is 20.2 Å². The fourth-order valence-corrected chi connectivity index (χ4v) is 4.03. The van der Waals surface area contributed by atoms with Crippen LogP contribution >= 0.6 is 0 Å². The largest absolute Gasteiger partial charge is 0.545 e. The molecule has 4 aromatic rings. The van der Waals surface area contributed by atoms with E-state index >= 15 is 0 Å². The van der Waals surface area contributed by atoms with Gasteiger partial charge in [0.25, 0.3) is 0 Å². The van der Waals surface area contributed by atoms with E-state index in [-0.39, 0.29) is 5.57 Å². The number of benzene rings is 3. The van der Waals surface area contributed by atoms with Crippen molar-refractivity contribution in [3.8, 4) is 0 Å². The first-order valence-electron chi connectivity index (χ1n) is 10.2. The van der Waals surface area contributed by atoms with Crippen LogP contribution in [0.1, 0.15) is 36.2 Å². The zero-order chi connectivity index (χ0) is 21.8. The zero-order valence-corrected chi connectivity index (χ0v) is 17.5. The van der Waals surface area contributed by atoms with E-state index in [9.17, 15) is 9.90 Å². The van der Waals surface area contributed by atoms with Crippen LogP contribution in [0.2, 0.25) is 0 Å². The van der Waals surface area contributed by atoms with E-state index in [4.69, 9.17) is 0 Å². The number of aliphatic carboxylic acids is 1. The highest BCUT2D eigenvalue weighted by atomic mass is 16.4. The van der Waals surface area contributed by atoms with Gasteiger partial charge in [-0.25, -0.2) is 4.98 Å². The molecule has 31 heavy (non-hydrogen) atoms. The van der Waals surface area contributed by atoms with Crippen LogP contribution in [0, 0.1) is 0 Å². The van der Waals surface area contributed by atoms with Crippen molar-refractivity contribution in [2.75, 3.05) is 0 Å². The highest BCUT2D eigenvalue weighted by molar-refractivity contribution is 5.93. The summed E-state index contributed by atoms with van der Waals surface area (Å²) in [5, 5.41) is 11.4. The van der Waals surface area contributed by atoms with Crippen molar-refractivity contribution in [3.05, 3.63) is 131 Å². The molecule has 0 aliphatic carbocycles. The van der Waals surface area contributed by atoms with Crippen molar-refractivity contribution in [1.82, 2.24) is 9.55 Å². The van der Waals surface area contributed by atoms with Crippen LogP contribution in [-0.4, -0.2) is 15.5 Å². The van der Waals surface area contributed by atoms with Gasteiger partial charge in [0.05, 0.1) is 18.0 Å². The van der Waals surface area contributed by atoms with Crippen LogP contribution in [0.15, 0.2) is 109 Å². The van der Waals surface area contributed by atoms with Crippen molar-refractivity contribution in [2.24, 2.45) is 0 Å². The van der Waals surface area contributed by atoms with Gasteiger partial charge in [-0.15, -0.1) is 0 Å². The summed E-state index contributed by atoms with van der Waals surface area (Å²) in [5.41, 5.74) is 3.93. The van der Waals surface area contributed by atoms with Crippen LogP contribution < -0.4 is 5.11 Å². The van der Waals surface area contributed by atoms with Gasteiger partial charge in [0.2, 0.25) is 0 Å². The third-order valence-electron chi connectivity index (χ3n) is 5.80. The number of nitrogens with zero attached hydrogens (tertiary/aromatic N) is 2. The number of hydrogen-bond acceptors (Lipinski definition) is 3. The summed E-state index contributed by atoms with van der Waals surface area (Å²) in [5.74, 6) is -1.19. The molecule has 0 fully saturated rings. The first-order valence-corrected chi connectivity index (χ1v) is 10.2. The average molecular weight is 407 g/mol. The summed E-state index contributed by atoms with van der Waals surface area (Å²) in [6.45, 7) is 3.30. The molecule has 0 bridgehead atoms. The molecule has 0 aliphatic rings. The molecule has 4 nitrogen and oxygen atoms in total. The predicted molar refractivity (Wildman–Crippen MR) is 120 cm³/mol. The third-order valence-corrected chi connectivity index (χ3v) is 5.80. The Morgan fingerprint density at radius 1 is 0.774 bits per heavy atom. The number of hydrogen-bond donors (Lipinski definition) is 0. The minimum Gasteiger partial charge on any atom is -0.545 e. The Morgan fingerprint density at radius 3 is 1.58 bits per heavy atom. The Kier molecular flexibility index (Phi) is 5.54. The minimum atomic E-state index is -1.19. The van der Waals surface area contributed by atoms with E-state index in [0.29, 0.717) is 11.3 Å². The van der Waals surface area contributed by atoms with E-state index in [2.05, 4.69) is 45.9 Å². The predicted octanol–water partition coefficient (Wildman–Crippen LogP) is 4.27. The van der Waals surface area contributed by atoms with Crippen molar-refractivity contribution in [1.29, 1.82) is 0 Å². The highest BCUT2D eigenvalue weighted by Crippen LogP contribution is 2.41. The topological polar surface area (TPSA) is 57.9 Å². The Bertz CT molecular complexity index is 1110. The van der Waals surface area contributed by atoms with Crippen molar-refractivity contribution in [2.45, 2.75) is 19.4 Å². The summed E-state index contributed by atoms with van der Waals surface area (Å²) in [6.07, 6.45) is 3.68. The Morgan fingerprint density at radius 2 is 1.19 bits per heavy atom. The fourth-order valence-electron chi connectivity index (χ4n) is 4.03. The lowest BCUT2D eigenvalue weighted by Crippen LogP contribution is -2.36. The molecule has 0 radical (unpaired) electrons. The number of carbonyl (C=O) groups is 1. The number of carboxylic acids is 1. The molecule has 4 rings (SSSR count). The second-order valence-corrected chi connectivity index (χ2v) is 7.51. The molecule has 0 aliphatic heterocycles. The van der Waals surface area contributed by atoms with Gasteiger partial charge >= 0.3 is 0 Å². The molecule has 0 N–H and O–H groups in total. The maximum Gasteiger partial charge on any atom is 0.121 e. The van der Waals surface area contributed by atoms with Gasteiger partial charge in [-0.2, -0.15) is 0 Å². The van der Waals surface area contributed by atoms with E-state index in [1.807, 2.05) is 60.8 Å². The summed E-state index contributed by atoms with van der Waals surface area (Å²) in [6, 6.07) is 30.8.